The van der Waals surface area contributed by atoms with Crippen LogP contribution in [0.1, 0.15) is 12.8 Å². The molecule has 14 heavy (non-hydrogen) atoms. The van der Waals surface area contributed by atoms with E-state index in [0.717, 1.165) is 32.5 Å². The van der Waals surface area contributed by atoms with Crippen LogP contribution in [0.3, 0.4) is 0 Å². The number of hydrogen-bond acceptors (Lipinski definition) is 5. The highest BCUT2D eigenvalue weighted by Gasteiger charge is 2.21. The molecule has 2 rings (SSSR count). The molecule has 1 aliphatic heterocycles. The monoisotopic (exact) mass is 216 g/mol. The predicted octanol–water partition coefficient (Wildman–Crippen LogP) is 1.03. The van der Waals surface area contributed by atoms with Gasteiger partial charge in [0.2, 0.25) is 6.39 Å². The largest absolute Gasteiger partial charge is 0.411 e. The molecule has 1 aromatic rings. The molecule has 0 aliphatic carbocycles. The van der Waals surface area contributed by atoms with Crippen molar-refractivity contribution in [1.82, 2.24) is 15.0 Å². The van der Waals surface area contributed by atoms with Gasteiger partial charge in [-0.3, -0.25) is 0 Å². The Labute approximate surface area is 87.5 Å². The quantitative estimate of drug-likeness (QED) is 0.765. The molecule has 1 saturated heterocycles. The van der Waals surface area contributed by atoms with E-state index in [1.165, 1.54) is 6.39 Å². The summed E-state index contributed by atoms with van der Waals surface area (Å²) in [6, 6.07) is 0.627. The van der Waals surface area contributed by atoms with Gasteiger partial charge in [-0.25, -0.2) is 4.84 Å². The van der Waals surface area contributed by atoms with Crippen molar-refractivity contribution in [1.29, 1.82) is 0 Å². The van der Waals surface area contributed by atoms with Crippen molar-refractivity contribution in [2.24, 2.45) is 5.92 Å². The number of nitrogens with zero attached hydrogens (tertiary/aromatic N) is 3. The smallest absolute Gasteiger partial charge is 0.317 e. The molecule has 0 radical (unpaired) electrons. The number of rotatable bonds is 3. The number of halogens is 1. The van der Waals surface area contributed by atoms with Crippen LogP contribution in [0.15, 0.2) is 10.8 Å². The Hall–Kier alpha value is -0.810. The fourth-order valence-electron chi connectivity index (χ4n) is 1.74. The standard InChI is InChI=1S/C8H13ClN4O/c9-10-5-7-1-3-13(4-2-7)8-12-11-6-14-8/h6-7,10H,1-5H2. The molecule has 0 saturated carbocycles. The Morgan fingerprint density at radius 3 is 2.93 bits per heavy atom. The van der Waals surface area contributed by atoms with Crippen LogP contribution >= 0.6 is 11.8 Å². The van der Waals surface area contributed by atoms with E-state index in [1.54, 1.807) is 0 Å². The van der Waals surface area contributed by atoms with Gasteiger partial charge < -0.3 is 9.32 Å². The van der Waals surface area contributed by atoms with Crippen molar-refractivity contribution in [2.75, 3.05) is 24.5 Å². The molecule has 0 spiro atoms. The van der Waals surface area contributed by atoms with Crippen molar-refractivity contribution in [3.05, 3.63) is 6.39 Å². The minimum Gasteiger partial charge on any atom is -0.411 e. The summed E-state index contributed by atoms with van der Waals surface area (Å²) in [5.74, 6) is 0.659. The molecule has 6 heteroatoms. The molecule has 0 atom stereocenters. The van der Waals surface area contributed by atoms with Gasteiger partial charge in [-0.15, -0.1) is 5.10 Å². The topological polar surface area (TPSA) is 54.2 Å². The molecule has 1 aromatic heterocycles. The number of hydrogen-bond donors (Lipinski definition) is 1. The molecule has 1 aliphatic rings. The van der Waals surface area contributed by atoms with Crippen molar-refractivity contribution < 1.29 is 4.42 Å². The summed E-state index contributed by atoms with van der Waals surface area (Å²) in [6.07, 6.45) is 3.59. The zero-order valence-electron chi connectivity index (χ0n) is 7.82. The summed E-state index contributed by atoms with van der Waals surface area (Å²) < 4.78 is 5.13. The second-order valence-electron chi connectivity index (χ2n) is 3.49. The normalized spacial score (nSPS) is 18.8. The fraction of sp³-hybridized carbons (Fsp3) is 0.750. The Kier molecular flexibility index (Phi) is 3.21. The summed E-state index contributed by atoms with van der Waals surface area (Å²) in [6.45, 7) is 2.80. The lowest BCUT2D eigenvalue weighted by atomic mass is 9.97. The lowest BCUT2D eigenvalue weighted by Crippen LogP contribution is -2.36. The van der Waals surface area contributed by atoms with Crippen molar-refractivity contribution in [3.63, 3.8) is 0 Å². The fourth-order valence-corrected chi connectivity index (χ4v) is 1.96. The van der Waals surface area contributed by atoms with Crippen molar-refractivity contribution in [3.8, 4) is 0 Å². The van der Waals surface area contributed by atoms with Gasteiger partial charge in [0.1, 0.15) is 0 Å². The maximum absolute atomic E-state index is 5.47. The molecule has 1 fully saturated rings. The summed E-state index contributed by atoms with van der Waals surface area (Å²) in [5.41, 5.74) is 0. The van der Waals surface area contributed by atoms with Crippen LogP contribution in [0.2, 0.25) is 0 Å². The van der Waals surface area contributed by atoms with E-state index in [1.807, 2.05) is 0 Å². The number of anilines is 1. The van der Waals surface area contributed by atoms with Crippen LogP contribution in [-0.4, -0.2) is 29.8 Å². The Morgan fingerprint density at radius 1 is 1.57 bits per heavy atom. The average molecular weight is 217 g/mol. The highest BCUT2D eigenvalue weighted by Crippen LogP contribution is 2.20. The summed E-state index contributed by atoms with van der Waals surface area (Å²) in [7, 11) is 0. The van der Waals surface area contributed by atoms with Gasteiger partial charge in [0.25, 0.3) is 0 Å². The highest BCUT2D eigenvalue weighted by atomic mass is 35.5. The average Bonchev–Trinajstić information content (AvgIpc) is 2.72. The van der Waals surface area contributed by atoms with E-state index in [-0.39, 0.29) is 0 Å². The first-order valence-corrected chi connectivity index (χ1v) is 5.12. The first-order chi connectivity index (χ1) is 6.90. The Balaban J connectivity index is 1.84. The first kappa shape index (κ1) is 9.73. The maximum Gasteiger partial charge on any atom is 0.317 e. The third-order valence-corrected chi connectivity index (χ3v) is 2.75. The zero-order valence-corrected chi connectivity index (χ0v) is 8.57. The van der Waals surface area contributed by atoms with Crippen LogP contribution in [0, 0.1) is 5.92 Å². The van der Waals surface area contributed by atoms with Crippen molar-refractivity contribution >= 4 is 17.8 Å². The van der Waals surface area contributed by atoms with Crippen LogP contribution in [-0.2, 0) is 0 Å². The van der Waals surface area contributed by atoms with E-state index < -0.39 is 0 Å². The van der Waals surface area contributed by atoms with Gasteiger partial charge in [-0.1, -0.05) is 5.10 Å². The van der Waals surface area contributed by atoms with E-state index in [2.05, 4.69) is 19.9 Å². The summed E-state index contributed by atoms with van der Waals surface area (Å²) in [5, 5.41) is 7.54. The molecule has 0 amide bonds. The van der Waals surface area contributed by atoms with E-state index in [0.29, 0.717) is 11.9 Å². The van der Waals surface area contributed by atoms with E-state index in [4.69, 9.17) is 16.2 Å². The molecular formula is C8H13ClN4O. The van der Waals surface area contributed by atoms with Crippen LogP contribution in [0.5, 0.6) is 0 Å². The van der Waals surface area contributed by atoms with Crippen LogP contribution in [0.4, 0.5) is 6.01 Å². The lowest BCUT2D eigenvalue weighted by Gasteiger charge is -2.29. The zero-order chi connectivity index (χ0) is 9.80. The highest BCUT2D eigenvalue weighted by molar-refractivity contribution is 6.13. The minimum absolute atomic E-state index is 0.627. The van der Waals surface area contributed by atoms with Gasteiger partial charge in [-0.05, 0) is 30.5 Å². The number of aromatic nitrogens is 2. The van der Waals surface area contributed by atoms with Gasteiger partial charge in [0.05, 0.1) is 0 Å². The van der Waals surface area contributed by atoms with Gasteiger partial charge in [0.15, 0.2) is 0 Å². The molecule has 0 bridgehead atoms. The third kappa shape index (κ3) is 2.16. The second kappa shape index (κ2) is 4.61. The van der Waals surface area contributed by atoms with Gasteiger partial charge in [0, 0.05) is 19.6 Å². The lowest BCUT2D eigenvalue weighted by molar-refractivity contribution is 0.387. The summed E-state index contributed by atoms with van der Waals surface area (Å²) >= 11 is 5.47. The number of piperidine rings is 1. The van der Waals surface area contributed by atoms with Crippen LogP contribution < -0.4 is 9.74 Å². The molecule has 78 valence electrons. The molecular weight excluding hydrogens is 204 g/mol. The van der Waals surface area contributed by atoms with Crippen LogP contribution in [0.25, 0.3) is 0 Å². The summed E-state index contributed by atoms with van der Waals surface area (Å²) in [4.78, 5) is 4.80. The predicted molar refractivity (Wildman–Crippen MR) is 53.1 cm³/mol. The molecule has 2 heterocycles. The van der Waals surface area contributed by atoms with E-state index >= 15 is 0 Å². The molecule has 5 nitrogen and oxygen atoms in total. The van der Waals surface area contributed by atoms with Crippen molar-refractivity contribution in [2.45, 2.75) is 12.8 Å². The maximum atomic E-state index is 5.47. The Morgan fingerprint density at radius 2 is 2.36 bits per heavy atom. The van der Waals surface area contributed by atoms with Gasteiger partial charge in [-0.2, -0.15) is 0 Å². The second-order valence-corrected chi connectivity index (χ2v) is 3.76. The molecule has 0 unspecified atom stereocenters. The van der Waals surface area contributed by atoms with Gasteiger partial charge >= 0.3 is 6.01 Å². The number of nitrogens with one attached hydrogen (secondary N) is 1. The molecule has 0 aromatic carbocycles. The SMILES string of the molecule is ClNCC1CCN(c2nnco2)CC1. The van der Waals surface area contributed by atoms with E-state index in [9.17, 15) is 0 Å². The first-order valence-electron chi connectivity index (χ1n) is 4.74. The Bertz CT molecular complexity index is 258. The molecule has 1 N–H and O–H groups in total. The third-order valence-electron chi connectivity index (χ3n) is 2.60. The minimum atomic E-state index is 0.627.